The van der Waals surface area contributed by atoms with Crippen LogP contribution in [0.3, 0.4) is 0 Å². The number of benzene rings is 2. The molecule has 0 amide bonds. The Hall–Kier alpha value is -2.16. The molecular formula is C16H16O3. The largest absolute Gasteiger partial charge is 0.504 e. The molecule has 0 radical (unpaired) electrons. The topological polar surface area (TPSA) is 38.7 Å². The number of rotatable bonds is 2. The van der Waals surface area contributed by atoms with Crippen molar-refractivity contribution in [3.63, 3.8) is 0 Å². The minimum Gasteiger partial charge on any atom is -0.504 e. The Labute approximate surface area is 112 Å². The molecule has 0 fully saturated rings. The van der Waals surface area contributed by atoms with Gasteiger partial charge >= 0.3 is 0 Å². The fraction of sp³-hybridized carbons (Fsp3) is 0.250. The lowest BCUT2D eigenvalue weighted by Crippen LogP contribution is -2.06. The Bertz CT molecular complexity index is 592. The third-order valence-corrected chi connectivity index (χ3v) is 3.64. The molecule has 3 heteroatoms. The number of fused-ring (bicyclic) bond motifs is 1. The molecule has 0 aliphatic carbocycles. The summed E-state index contributed by atoms with van der Waals surface area (Å²) in [5.74, 6) is 1.59. The summed E-state index contributed by atoms with van der Waals surface area (Å²) < 4.78 is 11.1. The van der Waals surface area contributed by atoms with Crippen LogP contribution >= 0.6 is 0 Å². The SMILES string of the molecule is COc1cc2c(cc1O)C(C)[C@H](c1ccccc1)O2. The zero-order chi connectivity index (χ0) is 13.4. The minimum atomic E-state index is -0.0114. The molecule has 98 valence electrons. The summed E-state index contributed by atoms with van der Waals surface area (Å²) in [7, 11) is 1.54. The van der Waals surface area contributed by atoms with Gasteiger partial charge in [0, 0.05) is 17.5 Å². The Morgan fingerprint density at radius 2 is 1.89 bits per heavy atom. The van der Waals surface area contributed by atoms with E-state index in [9.17, 15) is 5.11 Å². The second-order valence-electron chi connectivity index (χ2n) is 4.80. The summed E-state index contributed by atoms with van der Waals surface area (Å²) in [6.45, 7) is 2.11. The Balaban J connectivity index is 2.00. The minimum absolute atomic E-state index is 0.0114. The van der Waals surface area contributed by atoms with Crippen LogP contribution < -0.4 is 9.47 Å². The molecule has 0 spiro atoms. The van der Waals surface area contributed by atoms with E-state index in [1.165, 1.54) is 7.11 Å². The molecule has 2 atom stereocenters. The van der Waals surface area contributed by atoms with Crippen molar-refractivity contribution in [1.82, 2.24) is 0 Å². The molecule has 0 bridgehead atoms. The molecule has 3 nitrogen and oxygen atoms in total. The predicted molar refractivity (Wildman–Crippen MR) is 72.9 cm³/mol. The number of phenolic OH excluding ortho intramolecular Hbond substituents is 1. The van der Waals surface area contributed by atoms with E-state index in [2.05, 4.69) is 19.1 Å². The molecule has 3 rings (SSSR count). The number of hydrogen-bond acceptors (Lipinski definition) is 3. The molecule has 19 heavy (non-hydrogen) atoms. The highest BCUT2D eigenvalue weighted by atomic mass is 16.5. The molecule has 2 aromatic rings. The van der Waals surface area contributed by atoms with Gasteiger partial charge in [-0.15, -0.1) is 0 Å². The molecule has 1 heterocycles. The van der Waals surface area contributed by atoms with Gasteiger partial charge in [0.1, 0.15) is 11.9 Å². The van der Waals surface area contributed by atoms with E-state index in [4.69, 9.17) is 9.47 Å². The van der Waals surface area contributed by atoms with Crippen molar-refractivity contribution >= 4 is 0 Å². The van der Waals surface area contributed by atoms with Crippen LogP contribution in [0.1, 0.15) is 30.1 Å². The number of ether oxygens (including phenoxy) is 2. The molecule has 2 aromatic carbocycles. The average Bonchev–Trinajstić information content (AvgIpc) is 2.76. The second-order valence-corrected chi connectivity index (χ2v) is 4.80. The monoisotopic (exact) mass is 256 g/mol. The molecule has 0 aromatic heterocycles. The highest BCUT2D eigenvalue weighted by Crippen LogP contribution is 2.49. The van der Waals surface area contributed by atoms with Gasteiger partial charge in [-0.2, -0.15) is 0 Å². The number of phenols is 1. The van der Waals surface area contributed by atoms with Gasteiger partial charge in [0.15, 0.2) is 11.5 Å². The van der Waals surface area contributed by atoms with Gasteiger partial charge in [-0.25, -0.2) is 0 Å². The van der Waals surface area contributed by atoms with Crippen LogP contribution in [0.25, 0.3) is 0 Å². The molecular weight excluding hydrogens is 240 g/mol. The lowest BCUT2D eigenvalue weighted by molar-refractivity contribution is 0.215. The summed E-state index contributed by atoms with van der Waals surface area (Å²) in [5.41, 5.74) is 2.16. The highest BCUT2D eigenvalue weighted by Gasteiger charge is 2.33. The summed E-state index contributed by atoms with van der Waals surface area (Å²) in [4.78, 5) is 0. The second kappa shape index (κ2) is 4.50. The maximum Gasteiger partial charge on any atom is 0.164 e. The summed E-state index contributed by atoms with van der Waals surface area (Å²) in [5, 5.41) is 9.87. The van der Waals surface area contributed by atoms with Gasteiger partial charge < -0.3 is 14.6 Å². The molecule has 1 aliphatic heterocycles. The van der Waals surface area contributed by atoms with Crippen LogP contribution in [0.4, 0.5) is 0 Å². The van der Waals surface area contributed by atoms with Crippen molar-refractivity contribution in [2.24, 2.45) is 0 Å². The van der Waals surface area contributed by atoms with Gasteiger partial charge in [0.05, 0.1) is 7.11 Å². The first kappa shape index (κ1) is 11.9. The van der Waals surface area contributed by atoms with Crippen molar-refractivity contribution in [3.8, 4) is 17.2 Å². The normalized spacial score (nSPS) is 20.7. The Morgan fingerprint density at radius 1 is 1.16 bits per heavy atom. The lowest BCUT2D eigenvalue weighted by Gasteiger charge is -2.15. The van der Waals surface area contributed by atoms with Gasteiger partial charge in [-0.05, 0) is 11.6 Å². The van der Waals surface area contributed by atoms with Crippen LogP contribution in [0.15, 0.2) is 42.5 Å². The van der Waals surface area contributed by atoms with Crippen molar-refractivity contribution in [3.05, 3.63) is 53.6 Å². The smallest absolute Gasteiger partial charge is 0.164 e. The van der Waals surface area contributed by atoms with Crippen LogP contribution in [-0.4, -0.2) is 12.2 Å². The van der Waals surface area contributed by atoms with Crippen molar-refractivity contribution in [1.29, 1.82) is 0 Å². The summed E-state index contributed by atoms with van der Waals surface area (Å²) in [6, 6.07) is 13.6. The van der Waals surface area contributed by atoms with E-state index < -0.39 is 0 Å². The third kappa shape index (κ3) is 1.91. The first-order chi connectivity index (χ1) is 9.20. The van der Waals surface area contributed by atoms with Gasteiger partial charge in [0.25, 0.3) is 0 Å². The Morgan fingerprint density at radius 3 is 2.58 bits per heavy atom. The van der Waals surface area contributed by atoms with E-state index in [0.717, 1.165) is 16.9 Å². The summed E-state index contributed by atoms with van der Waals surface area (Å²) in [6.07, 6.45) is -0.0114. The van der Waals surface area contributed by atoms with Gasteiger partial charge in [-0.1, -0.05) is 37.3 Å². The van der Waals surface area contributed by atoms with E-state index in [1.54, 1.807) is 12.1 Å². The van der Waals surface area contributed by atoms with E-state index >= 15 is 0 Å². The zero-order valence-electron chi connectivity index (χ0n) is 11.0. The number of methoxy groups -OCH3 is 1. The third-order valence-electron chi connectivity index (χ3n) is 3.64. The van der Waals surface area contributed by atoms with Crippen LogP contribution in [0.2, 0.25) is 0 Å². The number of aromatic hydroxyl groups is 1. The molecule has 0 saturated heterocycles. The molecule has 1 unspecified atom stereocenters. The number of hydrogen-bond donors (Lipinski definition) is 1. The standard InChI is InChI=1S/C16H16O3/c1-10-12-8-13(17)15(18-2)9-14(12)19-16(10)11-6-4-3-5-7-11/h3-10,16-17H,1-2H3/t10?,16-/m1/s1. The van der Waals surface area contributed by atoms with Crippen molar-refractivity contribution < 1.29 is 14.6 Å². The first-order valence-corrected chi connectivity index (χ1v) is 6.33. The van der Waals surface area contributed by atoms with E-state index in [-0.39, 0.29) is 17.8 Å². The fourth-order valence-corrected chi connectivity index (χ4v) is 2.59. The fourth-order valence-electron chi connectivity index (χ4n) is 2.59. The molecule has 1 N–H and O–H groups in total. The van der Waals surface area contributed by atoms with E-state index in [0.29, 0.717) is 5.75 Å². The van der Waals surface area contributed by atoms with E-state index in [1.807, 2.05) is 18.2 Å². The zero-order valence-corrected chi connectivity index (χ0v) is 11.0. The van der Waals surface area contributed by atoms with Crippen LogP contribution in [0.5, 0.6) is 17.2 Å². The van der Waals surface area contributed by atoms with Crippen molar-refractivity contribution in [2.45, 2.75) is 18.9 Å². The molecule has 0 saturated carbocycles. The predicted octanol–water partition coefficient (Wildman–Crippen LogP) is 3.64. The maximum atomic E-state index is 9.87. The summed E-state index contributed by atoms with van der Waals surface area (Å²) >= 11 is 0. The van der Waals surface area contributed by atoms with Crippen LogP contribution in [0, 0.1) is 0 Å². The maximum absolute atomic E-state index is 9.87. The van der Waals surface area contributed by atoms with Gasteiger partial charge in [-0.3, -0.25) is 0 Å². The van der Waals surface area contributed by atoms with Crippen molar-refractivity contribution in [2.75, 3.05) is 7.11 Å². The first-order valence-electron chi connectivity index (χ1n) is 6.33. The molecule has 1 aliphatic rings. The quantitative estimate of drug-likeness (QED) is 0.891. The Kier molecular flexibility index (Phi) is 2.82. The highest BCUT2D eigenvalue weighted by molar-refractivity contribution is 5.54. The lowest BCUT2D eigenvalue weighted by atomic mass is 9.93. The van der Waals surface area contributed by atoms with Gasteiger partial charge in [0.2, 0.25) is 0 Å². The average molecular weight is 256 g/mol. The van der Waals surface area contributed by atoms with Crippen LogP contribution in [-0.2, 0) is 0 Å².